The van der Waals surface area contributed by atoms with E-state index in [2.05, 4.69) is 88.0 Å². The van der Waals surface area contributed by atoms with Crippen LogP contribution < -0.4 is 10.1 Å². The number of anilines is 1. The summed E-state index contributed by atoms with van der Waals surface area (Å²) in [5.41, 5.74) is 5.16. The summed E-state index contributed by atoms with van der Waals surface area (Å²) < 4.78 is 7.25. The maximum atomic E-state index is 6.14. The van der Waals surface area contributed by atoms with Crippen molar-refractivity contribution in [3.05, 3.63) is 94.0 Å². The summed E-state index contributed by atoms with van der Waals surface area (Å²) in [5, 5.41) is 3.78. The monoisotopic (exact) mass is 391 g/mol. The Morgan fingerprint density at radius 3 is 2.56 bits per heavy atom. The molecule has 0 spiro atoms. The van der Waals surface area contributed by atoms with Crippen molar-refractivity contribution in [3.8, 4) is 5.75 Å². The van der Waals surface area contributed by atoms with E-state index in [1.807, 2.05) is 6.07 Å². The molecule has 0 aliphatic carbocycles. The fourth-order valence-corrected chi connectivity index (χ4v) is 4.64. The molecule has 124 valence electrons. The molecule has 0 saturated carbocycles. The maximum Gasteiger partial charge on any atom is 0.124 e. The highest BCUT2D eigenvalue weighted by atomic mass is 79.9. The van der Waals surface area contributed by atoms with Gasteiger partial charge in [-0.2, -0.15) is 0 Å². The van der Waals surface area contributed by atoms with Gasteiger partial charge in [-0.05, 0) is 35.4 Å². The molecule has 0 radical (unpaired) electrons. The Kier molecular flexibility index (Phi) is 3.56. The van der Waals surface area contributed by atoms with Crippen LogP contribution in [0.3, 0.4) is 0 Å². The molecular weight excluding hydrogens is 374 g/mol. The molecule has 3 aromatic carbocycles. The van der Waals surface area contributed by atoms with Gasteiger partial charge >= 0.3 is 0 Å². The van der Waals surface area contributed by atoms with Crippen molar-refractivity contribution >= 4 is 21.6 Å². The van der Waals surface area contributed by atoms with Gasteiger partial charge in [0, 0.05) is 27.6 Å². The van der Waals surface area contributed by atoms with E-state index in [-0.39, 0.29) is 6.04 Å². The van der Waals surface area contributed by atoms with Crippen molar-refractivity contribution in [2.45, 2.75) is 12.0 Å². The number of halogens is 1. The predicted molar refractivity (Wildman–Crippen MR) is 104 cm³/mol. The summed E-state index contributed by atoms with van der Waals surface area (Å²) in [5.74, 6) is 1.68. The lowest BCUT2D eigenvalue weighted by atomic mass is 9.71. The van der Waals surface area contributed by atoms with Crippen molar-refractivity contribution in [1.29, 1.82) is 0 Å². The van der Waals surface area contributed by atoms with Gasteiger partial charge in [-0.3, -0.25) is 0 Å². The maximum absolute atomic E-state index is 6.14. The molecule has 2 aliphatic heterocycles. The fourth-order valence-electron chi connectivity index (χ4n) is 4.26. The van der Waals surface area contributed by atoms with Gasteiger partial charge in [0.2, 0.25) is 0 Å². The normalized spacial score (nSPS) is 23.5. The van der Waals surface area contributed by atoms with Gasteiger partial charge in [0.25, 0.3) is 0 Å². The second-order valence-electron chi connectivity index (χ2n) is 6.75. The lowest BCUT2D eigenvalue weighted by Crippen LogP contribution is -2.39. The highest BCUT2D eigenvalue weighted by Gasteiger charge is 2.42. The first-order valence-corrected chi connectivity index (χ1v) is 9.43. The van der Waals surface area contributed by atoms with E-state index in [1.54, 1.807) is 0 Å². The van der Waals surface area contributed by atoms with E-state index < -0.39 is 0 Å². The number of nitrogens with one attached hydrogen (secondary N) is 1. The predicted octanol–water partition coefficient (Wildman–Crippen LogP) is 5.76. The third-order valence-corrected chi connectivity index (χ3v) is 5.85. The standard InChI is InChI=1S/C22H18BrNO/c23-15-10-11-19-17(12-15)21(14-6-2-1-3-7-14)18-13-25-20-9-5-4-8-16(20)22(18)24-19/h1-12,18,21-22,24H,13H2/t18-,21+,22+/m1/s1. The number of hydrogen-bond acceptors (Lipinski definition) is 2. The minimum Gasteiger partial charge on any atom is -0.493 e. The highest BCUT2D eigenvalue weighted by Crippen LogP contribution is 2.51. The van der Waals surface area contributed by atoms with Crippen LogP contribution in [0.4, 0.5) is 5.69 Å². The van der Waals surface area contributed by atoms with Crippen LogP contribution in [0.5, 0.6) is 5.75 Å². The minimum atomic E-state index is 0.267. The second-order valence-corrected chi connectivity index (χ2v) is 7.67. The van der Waals surface area contributed by atoms with Gasteiger partial charge < -0.3 is 10.1 Å². The molecular formula is C22H18BrNO. The van der Waals surface area contributed by atoms with E-state index in [9.17, 15) is 0 Å². The van der Waals surface area contributed by atoms with Crippen LogP contribution in [0.15, 0.2) is 77.3 Å². The van der Waals surface area contributed by atoms with Gasteiger partial charge in [0.05, 0.1) is 12.6 Å². The lowest BCUT2D eigenvalue weighted by molar-refractivity contribution is 0.183. The molecule has 2 heterocycles. The molecule has 25 heavy (non-hydrogen) atoms. The van der Waals surface area contributed by atoms with Gasteiger partial charge in [-0.15, -0.1) is 0 Å². The summed E-state index contributed by atoms with van der Waals surface area (Å²) in [4.78, 5) is 0. The number of benzene rings is 3. The van der Waals surface area contributed by atoms with Gasteiger partial charge in [0.1, 0.15) is 5.75 Å². The van der Waals surface area contributed by atoms with E-state index in [0.29, 0.717) is 11.8 Å². The molecule has 2 nitrogen and oxygen atoms in total. The Morgan fingerprint density at radius 1 is 0.880 bits per heavy atom. The zero-order valence-corrected chi connectivity index (χ0v) is 15.2. The van der Waals surface area contributed by atoms with Crippen molar-refractivity contribution in [2.24, 2.45) is 5.92 Å². The van der Waals surface area contributed by atoms with Crippen molar-refractivity contribution < 1.29 is 4.74 Å². The SMILES string of the molecule is Brc1ccc2c(c1)[C@H](c1ccccc1)[C@H]1COc3ccccc3[C@@H]1N2. The fraction of sp³-hybridized carbons (Fsp3) is 0.182. The molecule has 0 unspecified atom stereocenters. The molecule has 0 fully saturated rings. The zero-order valence-electron chi connectivity index (χ0n) is 13.7. The van der Waals surface area contributed by atoms with Crippen LogP contribution in [-0.4, -0.2) is 6.61 Å². The molecule has 0 bridgehead atoms. The minimum absolute atomic E-state index is 0.267. The largest absolute Gasteiger partial charge is 0.493 e. The molecule has 5 rings (SSSR count). The van der Waals surface area contributed by atoms with Gasteiger partial charge in [0.15, 0.2) is 0 Å². The van der Waals surface area contributed by atoms with Crippen LogP contribution in [0, 0.1) is 5.92 Å². The number of rotatable bonds is 1. The zero-order chi connectivity index (χ0) is 16.8. The molecule has 0 aromatic heterocycles. The summed E-state index contributed by atoms with van der Waals surface area (Å²) in [6.07, 6.45) is 0. The van der Waals surface area contributed by atoms with E-state index in [4.69, 9.17) is 4.74 Å². The van der Waals surface area contributed by atoms with Gasteiger partial charge in [-0.1, -0.05) is 64.5 Å². The summed E-state index contributed by atoms with van der Waals surface area (Å²) in [6.45, 7) is 0.722. The summed E-state index contributed by atoms with van der Waals surface area (Å²) in [7, 11) is 0. The van der Waals surface area contributed by atoms with Crippen LogP contribution in [0.25, 0.3) is 0 Å². The van der Waals surface area contributed by atoms with Crippen molar-refractivity contribution in [1.82, 2.24) is 0 Å². The number of fused-ring (bicyclic) bond motifs is 4. The Morgan fingerprint density at radius 2 is 1.68 bits per heavy atom. The summed E-state index contributed by atoms with van der Waals surface area (Å²) >= 11 is 3.65. The molecule has 0 saturated heterocycles. The van der Waals surface area contributed by atoms with Crippen LogP contribution in [0.1, 0.15) is 28.7 Å². The van der Waals surface area contributed by atoms with Crippen molar-refractivity contribution in [2.75, 3.05) is 11.9 Å². The first-order chi connectivity index (χ1) is 12.3. The number of para-hydroxylation sites is 1. The first-order valence-electron chi connectivity index (χ1n) is 8.64. The Bertz CT molecular complexity index is 924. The topological polar surface area (TPSA) is 21.3 Å². The molecule has 0 amide bonds. The molecule has 2 aliphatic rings. The third-order valence-electron chi connectivity index (χ3n) is 5.36. The van der Waals surface area contributed by atoms with E-state index in [0.717, 1.165) is 16.8 Å². The van der Waals surface area contributed by atoms with Crippen LogP contribution >= 0.6 is 15.9 Å². The smallest absolute Gasteiger partial charge is 0.124 e. The number of ether oxygens (including phenoxy) is 1. The third kappa shape index (κ3) is 2.46. The molecule has 3 heteroatoms. The average Bonchev–Trinajstić information content (AvgIpc) is 2.67. The van der Waals surface area contributed by atoms with Crippen molar-refractivity contribution in [3.63, 3.8) is 0 Å². The average molecular weight is 392 g/mol. The first kappa shape index (κ1) is 15.0. The van der Waals surface area contributed by atoms with Gasteiger partial charge in [-0.25, -0.2) is 0 Å². The quantitative estimate of drug-likeness (QED) is 0.569. The van der Waals surface area contributed by atoms with E-state index in [1.165, 1.54) is 22.4 Å². The number of hydrogen-bond donors (Lipinski definition) is 1. The second kappa shape index (κ2) is 5.92. The lowest BCUT2D eigenvalue weighted by Gasteiger charge is -2.44. The molecule has 3 atom stereocenters. The molecule has 3 aromatic rings. The Balaban J connectivity index is 1.70. The summed E-state index contributed by atoms with van der Waals surface area (Å²) in [6, 6.07) is 26.0. The highest BCUT2D eigenvalue weighted by molar-refractivity contribution is 9.10. The van der Waals surface area contributed by atoms with E-state index >= 15 is 0 Å². The van der Waals surface area contributed by atoms with Crippen LogP contribution in [0.2, 0.25) is 0 Å². The van der Waals surface area contributed by atoms with Crippen LogP contribution in [-0.2, 0) is 0 Å². The molecule has 1 N–H and O–H groups in total. The Hall–Kier alpha value is -2.26. The Labute approximate surface area is 156 Å².